The zero-order valence-corrected chi connectivity index (χ0v) is 19.5. The number of hydrogen-bond acceptors (Lipinski definition) is 5. The minimum absolute atomic E-state index is 0.0971. The summed E-state index contributed by atoms with van der Waals surface area (Å²) < 4.78 is 39.3. The number of unbranched alkanes of at least 4 members (excludes halogenated alkanes) is 1. The molecule has 7 heteroatoms. The molecule has 1 aliphatic heterocycles. The number of fused-ring (bicyclic) bond motifs is 1. The van der Waals surface area contributed by atoms with Crippen molar-refractivity contribution in [2.75, 3.05) is 0 Å². The maximum atomic E-state index is 14.1. The van der Waals surface area contributed by atoms with Crippen molar-refractivity contribution in [1.29, 1.82) is 0 Å². The van der Waals surface area contributed by atoms with Crippen LogP contribution in [0.4, 0.5) is 8.78 Å². The predicted octanol–water partition coefficient (Wildman–Crippen LogP) is 5.78. The molecule has 2 aromatic carbocycles. The molecule has 2 fully saturated rings. The maximum Gasteiger partial charge on any atom is 0.338 e. The number of allylic oxidation sites excluding steroid dienone is 1. The monoisotopic (exact) mass is 482 g/mol. The summed E-state index contributed by atoms with van der Waals surface area (Å²) in [7, 11) is 0. The first-order valence-corrected chi connectivity index (χ1v) is 11.9. The van der Waals surface area contributed by atoms with Crippen LogP contribution in [0.5, 0.6) is 0 Å². The Morgan fingerprint density at radius 2 is 1.77 bits per heavy atom. The molecule has 0 N–H and O–H groups in total. The fraction of sp³-hybridized carbons (Fsp3) is 0.393. The lowest BCUT2D eigenvalue weighted by atomic mass is 9.91. The third-order valence-corrected chi connectivity index (χ3v) is 6.71. The van der Waals surface area contributed by atoms with Gasteiger partial charge in [0.2, 0.25) is 5.78 Å². The van der Waals surface area contributed by atoms with Gasteiger partial charge in [-0.15, -0.1) is 0 Å². The average Bonchev–Trinajstić information content (AvgIpc) is 3.37. The summed E-state index contributed by atoms with van der Waals surface area (Å²) in [5.74, 6) is -6.54. The molecule has 4 rings (SSSR count). The van der Waals surface area contributed by atoms with E-state index in [1.165, 1.54) is 6.08 Å². The molecular weight excluding hydrogens is 454 g/mol. The van der Waals surface area contributed by atoms with Gasteiger partial charge < -0.3 is 9.47 Å². The molecule has 0 spiro atoms. The Morgan fingerprint density at radius 1 is 1.09 bits per heavy atom. The summed E-state index contributed by atoms with van der Waals surface area (Å²) in [5, 5.41) is 0. The number of halogens is 2. The molecule has 0 aromatic heterocycles. The first kappa shape index (κ1) is 24.8. The third-order valence-electron chi connectivity index (χ3n) is 6.71. The van der Waals surface area contributed by atoms with Gasteiger partial charge >= 0.3 is 17.9 Å². The van der Waals surface area contributed by atoms with Crippen molar-refractivity contribution in [2.45, 2.75) is 57.2 Å². The van der Waals surface area contributed by atoms with Crippen molar-refractivity contribution in [1.82, 2.24) is 0 Å². The topological polar surface area (TPSA) is 69.7 Å². The molecule has 4 atom stereocenters. The number of rotatable bonds is 9. The van der Waals surface area contributed by atoms with Crippen LogP contribution in [0, 0.1) is 11.8 Å². The summed E-state index contributed by atoms with van der Waals surface area (Å²) in [5.41, 5.74) is 2.32. The molecule has 184 valence electrons. The second-order valence-corrected chi connectivity index (χ2v) is 9.13. The highest BCUT2D eigenvalue weighted by Gasteiger charge is 2.51. The minimum Gasteiger partial charge on any atom is -0.462 e. The molecule has 1 saturated carbocycles. The van der Waals surface area contributed by atoms with Crippen LogP contribution in [-0.4, -0.2) is 35.9 Å². The number of ether oxygens (including phenoxy) is 2. The van der Waals surface area contributed by atoms with Crippen LogP contribution in [0.1, 0.15) is 49.4 Å². The lowest BCUT2D eigenvalue weighted by molar-refractivity contribution is -0.142. The molecule has 0 radical (unpaired) electrons. The Labute approximate surface area is 203 Å². The van der Waals surface area contributed by atoms with E-state index in [4.69, 9.17) is 9.47 Å². The molecule has 2 aliphatic rings. The summed E-state index contributed by atoms with van der Waals surface area (Å²) in [4.78, 5) is 36.8. The highest BCUT2D eigenvalue weighted by Crippen LogP contribution is 2.44. The van der Waals surface area contributed by atoms with Crippen molar-refractivity contribution in [2.24, 2.45) is 11.8 Å². The molecule has 5 nitrogen and oxygen atoms in total. The van der Waals surface area contributed by atoms with Crippen molar-refractivity contribution in [3.8, 4) is 11.1 Å². The molecular formula is C28H28F2O5. The van der Waals surface area contributed by atoms with E-state index < -0.39 is 42.2 Å². The maximum absolute atomic E-state index is 14.1. The second-order valence-electron chi connectivity index (χ2n) is 9.13. The van der Waals surface area contributed by atoms with Crippen molar-refractivity contribution < 1.29 is 32.6 Å². The summed E-state index contributed by atoms with van der Waals surface area (Å²) in [6.07, 6.45) is 1.74. The summed E-state index contributed by atoms with van der Waals surface area (Å²) in [6, 6.07) is 16.7. The van der Waals surface area contributed by atoms with E-state index in [1.807, 2.05) is 42.5 Å². The van der Waals surface area contributed by atoms with Gasteiger partial charge in [-0.05, 0) is 35.8 Å². The summed E-state index contributed by atoms with van der Waals surface area (Å²) in [6.45, 7) is 1.78. The molecule has 2 aromatic rings. The minimum atomic E-state index is -3.45. The normalized spacial score (nSPS) is 23.8. The van der Waals surface area contributed by atoms with E-state index in [0.717, 1.165) is 17.2 Å². The van der Waals surface area contributed by atoms with Gasteiger partial charge in [-0.3, -0.25) is 9.59 Å². The van der Waals surface area contributed by atoms with Gasteiger partial charge in [-0.2, -0.15) is 8.78 Å². The van der Waals surface area contributed by atoms with Crippen LogP contribution >= 0.6 is 0 Å². The average molecular weight is 483 g/mol. The van der Waals surface area contributed by atoms with E-state index in [2.05, 4.69) is 0 Å². The van der Waals surface area contributed by atoms with Crippen LogP contribution in [0.3, 0.4) is 0 Å². The Morgan fingerprint density at radius 3 is 2.46 bits per heavy atom. The molecule has 1 saturated heterocycles. The SMILES string of the molecule is CCCCC(F)(F)C(=O)C=CC1C(OC(=O)c2ccc(-c3ccccc3)cc2)C[C@H]2OC(=O)C[C@@H]12. The Kier molecular flexibility index (Phi) is 7.43. The lowest BCUT2D eigenvalue weighted by Gasteiger charge is -2.20. The molecule has 0 amide bonds. The number of hydrogen-bond donors (Lipinski definition) is 0. The molecule has 1 heterocycles. The van der Waals surface area contributed by atoms with Gasteiger partial charge in [0, 0.05) is 24.7 Å². The lowest BCUT2D eigenvalue weighted by Crippen LogP contribution is -2.28. The highest BCUT2D eigenvalue weighted by molar-refractivity contribution is 5.95. The van der Waals surface area contributed by atoms with Crippen molar-refractivity contribution in [3.63, 3.8) is 0 Å². The smallest absolute Gasteiger partial charge is 0.338 e. The van der Waals surface area contributed by atoms with Gasteiger partial charge in [0.05, 0.1) is 12.0 Å². The van der Waals surface area contributed by atoms with Crippen molar-refractivity contribution in [3.05, 3.63) is 72.3 Å². The second kappa shape index (κ2) is 10.5. The van der Waals surface area contributed by atoms with Crippen LogP contribution in [0.25, 0.3) is 11.1 Å². The van der Waals surface area contributed by atoms with Crippen LogP contribution in [0.15, 0.2) is 66.7 Å². The van der Waals surface area contributed by atoms with E-state index in [9.17, 15) is 23.2 Å². The summed E-state index contributed by atoms with van der Waals surface area (Å²) >= 11 is 0. The largest absolute Gasteiger partial charge is 0.462 e. The van der Waals surface area contributed by atoms with Gasteiger partial charge in [-0.1, -0.05) is 61.9 Å². The fourth-order valence-electron chi connectivity index (χ4n) is 4.77. The Balaban J connectivity index is 1.47. The first-order chi connectivity index (χ1) is 16.8. The highest BCUT2D eigenvalue weighted by atomic mass is 19.3. The van der Waals surface area contributed by atoms with Crippen molar-refractivity contribution >= 4 is 17.7 Å². The van der Waals surface area contributed by atoms with E-state index in [1.54, 1.807) is 19.1 Å². The Bertz CT molecular complexity index is 1090. The fourth-order valence-corrected chi connectivity index (χ4v) is 4.77. The van der Waals surface area contributed by atoms with E-state index in [0.29, 0.717) is 12.0 Å². The zero-order chi connectivity index (χ0) is 25.0. The quantitative estimate of drug-likeness (QED) is 0.335. The molecule has 35 heavy (non-hydrogen) atoms. The predicted molar refractivity (Wildman–Crippen MR) is 126 cm³/mol. The van der Waals surface area contributed by atoms with Gasteiger partial charge in [0.1, 0.15) is 12.2 Å². The standard InChI is InChI=1S/C28H28F2O5/c1-2-3-15-28(29,30)25(31)14-13-21-22-16-26(32)34-24(22)17-23(21)35-27(33)20-11-9-19(10-12-20)18-7-5-4-6-8-18/h4-14,21-24H,2-3,15-17H2,1H3/t21?,22-,23?,24+/m0/s1. The number of ketones is 1. The number of carbonyl (C=O) groups excluding carboxylic acids is 3. The zero-order valence-electron chi connectivity index (χ0n) is 19.5. The van der Waals surface area contributed by atoms with E-state index >= 15 is 0 Å². The first-order valence-electron chi connectivity index (χ1n) is 11.9. The van der Waals surface area contributed by atoms with Gasteiger partial charge in [-0.25, -0.2) is 4.79 Å². The van der Waals surface area contributed by atoms with Gasteiger partial charge in [0.15, 0.2) is 0 Å². The number of esters is 2. The third kappa shape index (κ3) is 5.66. The van der Waals surface area contributed by atoms with Gasteiger partial charge in [0.25, 0.3) is 0 Å². The molecule has 0 bridgehead atoms. The number of carbonyl (C=O) groups is 3. The molecule has 1 aliphatic carbocycles. The van der Waals surface area contributed by atoms with Crippen LogP contribution < -0.4 is 0 Å². The van der Waals surface area contributed by atoms with E-state index in [-0.39, 0.29) is 31.1 Å². The van der Waals surface area contributed by atoms with Crippen LogP contribution in [-0.2, 0) is 19.1 Å². The number of benzene rings is 2. The number of alkyl halides is 2. The molecule has 2 unspecified atom stereocenters. The Hall–Kier alpha value is -3.35. The van der Waals surface area contributed by atoms with Crippen LogP contribution in [0.2, 0.25) is 0 Å².